The Hall–Kier alpha value is -3.50. The highest BCUT2D eigenvalue weighted by molar-refractivity contribution is 5.42. The Morgan fingerprint density at radius 1 is 0.462 bits per heavy atom. The van der Waals surface area contributed by atoms with E-state index in [9.17, 15) is 0 Å². The zero-order chi connectivity index (χ0) is 28.8. The van der Waals surface area contributed by atoms with Crippen LogP contribution in [0.5, 0.6) is 0 Å². The van der Waals surface area contributed by atoms with Gasteiger partial charge >= 0.3 is 0 Å². The molecular formula is C19H36N12O8. The number of rotatable bonds is 19. The molecule has 39 heavy (non-hydrogen) atoms. The number of nitrogens with zero attached hydrogens (tertiary/aromatic N) is 11. The Morgan fingerprint density at radius 3 is 1.10 bits per heavy atom. The molecule has 2 aromatic heterocycles. The summed E-state index contributed by atoms with van der Waals surface area (Å²) in [7, 11) is 13.1. The molecule has 0 atom stereocenters. The summed E-state index contributed by atoms with van der Waals surface area (Å²) in [6, 6.07) is 0. The fourth-order valence-electron chi connectivity index (χ4n) is 3.05. The maximum Gasteiger partial charge on any atom is 0.284 e. The monoisotopic (exact) mass is 560 g/mol. The number of hydrogen-bond donors (Lipinski definition) is 1. The van der Waals surface area contributed by atoms with Gasteiger partial charge in [0.15, 0.2) is 0 Å². The highest BCUT2D eigenvalue weighted by Crippen LogP contribution is 2.21. The van der Waals surface area contributed by atoms with Gasteiger partial charge in [-0.25, -0.2) is 39.2 Å². The van der Waals surface area contributed by atoms with Crippen molar-refractivity contribution in [3.63, 3.8) is 0 Å². The van der Waals surface area contributed by atoms with Crippen LogP contribution >= 0.6 is 0 Å². The van der Waals surface area contributed by atoms with Gasteiger partial charge in [-0.05, 0) is 12.8 Å². The van der Waals surface area contributed by atoms with Crippen molar-refractivity contribution in [1.82, 2.24) is 29.9 Å². The molecule has 2 aromatic rings. The summed E-state index contributed by atoms with van der Waals surface area (Å²) in [5.41, 5.74) is 0. The van der Waals surface area contributed by atoms with Crippen LogP contribution in [0, 0.1) is 0 Å². The quantitative estimate of drug-likeness (QED) is 0.180. The van der Waals surface area contributed by atoms with Crippen LogP contribution in [0.2, 0.25) is 0 Å². The van der Waals surface area contributed by atoms with E-state index in [0.717, 1.165) is 15.7 Å². The highest BCUT2D eigenvalue weighted by Gasteiger charge is 2.22. The molecule has 0 unspecified atom stereocenters. The third kappa shape index (κ3) is 8.49. The molecule has 220 valence electrons. The molecule has 1 N–H and O–H groups in total. The van der Waals surface area contributed by atoms with Gasteiger partial charge in [0.1, 0.15) is 0 Å². The minimum Gasteiger partial charge on any atom is -0.357 e. The molecular weight excluding hydrogens is 524 g/mol. The maximum absolute atomic E-state index is 5.52. The third-order valence-corrected chi connectivity index (χ3v) is 4.78. The first kappa shape index (κ1) is 31.7. The molecule has 0 saturated carbocycles. The van der Waals surface area contributed by atoms with Crippen LogP contribution < -0.4 is 31.1 Å². The van der Waals surface area contributed by atoms with Gasteiger partial charge in [-0.3, -0.25) is 9.68 Å². The number of hydrogen-bond acceptors (Lipinski definition) is 20. The molecule has 20 nitrogen and oxygen atoms in total. The first-order valence-electron chi connectivity index (χ1n) is 11.4. The first-order valence-corrected chi connectivity index (χ1v) is 11.4. The normalized spacial score (nSPS) is 10.9. The van der Waals surface area contributed by atoms with Crippen LogP contribution in [0.4, 0.5) is 35.7 Å². The molecule has 0 aromatic carbocycles. The van der Waals surface area contributed by atoms with Crippen LogP contribution in [0.25, 0.3) is 0 Å². The summed E-state index contributed by atoms with van der Waals surface area (Å²) in [5, 5.41) is 8.86. The van der Waals surface area contributed by atoms with Gasteiger partial charge in [0.25, 0.3) is 29.7 Å². The van der Waals surface area contributed by atoms with Crippen molar-refractivity contribution < 1.29 is 38.7 Å². The van der Waals surface area contributed by atoms with Crippen molar-refractivity contribution in [1.29, 1.82) is 0 Å². The molecule has 0 bridgehead atoms. The van der Waals surface area contributed by atoms with Gasteiger partial charge in [0.2, 0.25) is 5.95 Å². The fourth-order valence-corrected chi connectivity index (χ4v) is 3.05. The molecule has 0 spiro atoms. The molecule has 0 radical (unpaired) electrons. The number of nitrogens with one attached hydrogen (secondary N) is 1. The minimum atomic E-state index is 0.0267. The smallest absolute Gasteiger partial charge is 0.284 e. The Kier molecular flexibility index (Phi) is 13.4. The first-order chi connectivity index (χ1) is 18.9. The van der Waals surface area contributed by atoms with E-state index in [1.54, 1.807) is 7.05 Å². The van der Waals surface area contributed by atoms with E-state index in [0.29, 0.717) is 31.9 Å². The fraction of sp³-hybridized carbons (Fsp3) is 0.684. The molecule has 20 heteroatoms. The van der Waals surface area contributed by atoms with Gasteiger partial charge in [-0.1, -0.05) is 15.7 Å². The van der Waals surface area contributed by atoms with Crippen molar-refractivity contribution in [2.75, 3.05) is 108 Å². The molecule has 0 aliphatic heterocycles. The van der Waals surface area contributed by atoms with Gasteiger partial charge in [0.05, 0.1) is 56.9 Å². The second-order valence-electron chi connectivity index (χ2n) is 6.89. The van der Waals surface area contributed by atoms with Gasteiger partial charge in [0, 0.05) is 20.1 Å². The second kappa shape index (κ2) is 16.5. The van der Waals surface area contributed by atoms with E-state index < -0.39 is 0 Å². The standard InChI is InChI=1S/C19H36N12O8/c1-20-14-21-15(23-17(22-14)29(34-4)35-5)27(32-2)12-10-11-13-28(33-3)16-24-18(30(36-6)37-7)26-19(25-16)31(38-8)39-9/h10-13H2,1-9H3,(H,20,21,22,23). The Bertz CT molecular complexity index is 953. The van der Waals surface area contributed by atoms with Crippen molar-refractivity contribution in [2.24, 2.45) is 0 Å². The van der Waals surface area contributed by atoms with Crippen molar-refractivity contribution >= 4 is 35.7 Å². The Balaban J connectivity index is 2.17. The minimum absolute atomic E-state index is 0.0267. The Morgan fingerprint density at radius 2 is 0.769 bits per heavy atom. The van der Waals surface area contributed by atoms with E-state index in [2.05, 4.69) is 35.2 Å². The summed E-state index contributed by atoms with van der Waals surface area (Å²) in [6.07, 6.45) is 1.26. The topological polar surface area (TPSA) is 179 Å². The lowest BCUT2D eigenvalue weighted by Gasteiger charge is -2.24. The van der Waals surface area contributed by atoms with E-state index in [-0.39, 0.29) is 29.7 Å². The molecule has 0 aliphatic rings. The van der Waals surface area contributed by atoms with Gasteiger partial charge in [-0.15, -0.1) is 0 Å². The Labute approximate surface area is 225 Å². The summed E-state index contributed by atoms with van der Waals surface area (Å²) in [4.78, 5) is 67.6. The number of anilines is 6. The van der Waals surface area contributed by atoms with E-state index in [4.69, 9.17) is 38.7 Å². The van der Waals surface area contributed by atoms with Gasteiger partial charge < -0.3 is 5.32 Å². The lowest BCUT2D eigenvalue weighted by atomic mass is 10.3. The summed E-state index contributed by atoms with van der Waals surface area (Å²) in [6.45, 7) is 0.818. The molecule has 2 heterocycles. The summed E-state index contributed by atoms with van der Waals surface area (Å²) >= 11 is 0. The SMILES string of the molecule is CNc1nc(N(CCCCN(OC)c2nc(N(OC)OC)nc(N(OC)OC)n2)OC)nc(N(OC)OC)n1. The third-order valence-electron chi connectivity index (χ3n) is 4.78. The number of aromatic nitrogens is 6. The predicted molar refractivity (Wildman–Crippen MR) is 137 cm³/mol. The number of hydroxylamine groups is 2. The second-order valence-corrected chi connectivity index (χ2v) is 6.89. The molecule has 0 aliphatic carbocycles. The maximum atomic E-state index is 5.52. The van der Waals surface area contributed by atoms with E-state index in [1.807, 2.05) is 0 Å². The van der Waals surface area contributed by atoms with Crippen molar-refractivity contribution in [2.45, 2.75) is 12.8 Å². The van der Waals surface area contributed by atoms with Crippen LogP contribution in [-0.4, -0.2) is 107 Å². The number of unbranched alkanes of at least 4 members (excludes halogenated alkanes) is 1. The zero-order valence-corrected chi connectivity index (χ0v) is 23.5. The summed E-state index contributed by atoms with van der Waals surface area (Å²) in [5.74, 6) is 0.882. The molecule has 0 saturated heterocycles. The van der Waals surface area contributed by atoms with Crippen LogP contribution in [0.3, 0.4) is 0 Å². The average Bonchev–Trinajstić information content (AvgIpc) is 2.96. The van der Waals surface area contributed by atoms with Crippen molar-refractivity contribution in [3.05, 3.63) is 0 Å². The van der Waals surface area contributed by atoms with E-state index >= 15 is 0 Å². The van der Waals surface area contributed by atoms with Crippen LogP contribution in [0.1, 0.15) is 12.8 Å². The van der Waals surface area contributed by atoms with Crippen molar-refractivity contribution in [3.8, 4) is 0 Å². The lowest BCUT2D eigenvalue weighted by Crippen LogP contribution is -2.31. The molecule has 0 amide bonds. The zero-order valence-electron chi connectivity index (χ0n) is 23.5. The van der Waals surface area contributed by atoms with Crippen LogP contribution in [0.15, 0.2) is 0 Å². The van der Waals surface area contributed by atoms with Gasteiger partial charge in [-0.2, -0.15) is 29.9 Å². The van der Waals surface area contributed by atoms with Crippen LogP contribution in [-0.2, 0) is 38.7 Å². The average molecular weight is 561 g/mol. The molecule has 0 fully saturated rings. The highest BCUT2D eigenvalue weighted by atomic mass is 17.0. The molecule has 2 rings (SSSR count). The lowest BCUT2D eigenvalue weighted by molar-refractivity contribution is -0.0526. The summed E-state index contributed by atoms with van der Waals surface area (Å²) < 4.78 is 0. The predicted octanol–water partition coefficient (Wildman–Crippen LogP) is 0.102. The van der Waals surface area contributed by atoms with E-state index in [1.165, 1.54) is 67.0 Å². The largest absolute Gasteiger partial charge is 0.357 e.